The van der Waals surface area contributed by atoms with Crippen LogP contribution in [-0.4, -0.2) is 37.8 Å². The number of para-hydroxylation sites is 2. The van der Waals surface area contributed by atoms with Crippen molar-refractivity contribution in [3.05, 3.63) is 71.0 Å². The minimum absolute atomic E-state index is 0.118. The van der Waals surface area contributed by atoms with Crippen LogP contribution in [0.4, 0.5) is 13.2 Å². The second-order valence-corrected chi connectivity index (χ2v) is 8.21. The number of nitrogens with one attached hydrogen (secondary N) is 1. The summed E-state index contributed by atoms with van der Waals surface area (Å²) in [6, 6.07) is 16.4. The fraction of sp³-hybridized carbons (Fsp3) is 0.348. The summed E-state index contributed by atoms with van der Waals surface area (Å²) in [6.45, 7) is 7.68. The van der Waals surface area contributed by atoms with Crippen LogP contribution in [0.3, 0.4) is 0 Å². The van der Waals surface area contributed by atoms with Gasteiger partial charge in [-0.15, -0.1) is 0 Å². The summed E-state index contributed by atoms with van der Waals surface area (Å²) in [5, 5.41) is 19.8. The maximum absolute atomic E-state index is 10.6. The van der Waals surface area contributed by atoms with Crippen LogP contribution in [0.15, 0.2) is 48.5 Å². The lowest BCUT2D eigenvalue weighted by atomic mass is 10.0. The van der Waals surface area contributed by atoms with Crippen LogP contribution in [0.5, 0.6) is 5.75 Å². The van der Waals surface area contributed by atoms with E-state index >= 15 is 0 Å². The molecule has 2 aromatic carbocycles. The molecule has 2 N–H and O–H groups in total. The van der Waals surface area contributed by atoms with E-state index in [1.165, 1.54) is 11.1 Å². The van der Waals surface area contributed by atoms with Gasteiger partial charge in [0.05, 0.1) is 17.1 Å². The molecule has 0 aliphatic carbocycles. The average Bonchev–Trinajstić information content (AvgIpc) is 3.27. The van der Waals surface area contributed by atoms with Crippen molar-refractivity contribution in [1.82, 2.24) is 20.3 Å². The van der Waals surface area contributed by atoms with E-state index in [9.17, 15) is 13.2 Å². The first-order valence-corrected chi connectivity index (χ1v) is 10.2. The molecule has 0 atom stereocenters. The van der Waals surface area contributed by atoms with Crippen LogP contribution < -0.4 is 10.1 Å². The summed E-state index contributed by atoms with van der Waals surface area (Å²) >= 11 is 0. The quantitative estimate of drug-likeness (QED) is 0.591. The fourth-order valence-corrected chi connectivity index (χ4v) is 3.38. The molecule has 3 aromatic rings. The topological polar surface area (TPSA) is 89.3 Å². The van der Waals surface area contributed by atoms with Crippen molar-refractivity contribution in [2.45, 2.75) is 52.1 Å². The fourth-order valence-electron chi connectivity index (χ4n) is 3.38. The van der Waals surface area contributed by atoms with Gasteiger partial charge in [-0.2, -0.15) is 28.2 Å². The van der Waals surface area contributed by atoms with Crippen LogP contribution in [0.2, 0.25) is 0 Å². The average molecular weight is 462 g/mol. The number of fused-ring (bicyclic) bond motifs is 1. The standard InChI is InChI=1S/C21H24N4O.C2HF3O2/c1-15-19(24-25(23-15)18-10-5-4-6-11-18)14-22-13-17-9-7-8-16-12-21(2,3)26-20(16)17;3-2(4,5)1(6)7/h4-11,22H,12-14H2,1-3H3;(H,6,7). The van der Waals surface area contributed by atoms with Crippen molar-refractivity contribution in [3.8, 4) is 11.4 Å². The zero-order valence-electron chi connectivity index (χ0n) is 18.5. The minimum Gasteiger partial charge on any atom is -0.487 e. The molecule has 1 aromatic heterocycles. The Morgan fingerprint density at radius 2 is 1.79 bits per heavy atom. The van der Waals surface area contributed by atoms with Gasteiger partial charge >= 0.3 is 12.1 Å². The highest BCUT2D eigenvalue weighted by atomic mass is 19.4. The van der Waals surface area contributed by atoms with Gasteiger partial charge in [-0.05, 0) is 38.5 Å². The highest BCUT2D eigenvalue weighted by Crippen LogP contribution is 2.37. The van der Waals surface area contributed by atoms with Crippen LogP contribution in [-0.2, 0) is 24.3 Å². The summed E-state index contributed by atoms with van der Waals surface area (Å²) in [5.74, 6) is -1.72. The lowest BCUT2D eigenvalue weighted by Gasteiger charge is -2.18. The molecule has 0 saturated carbocycles. The van der Waals surface area contributed by atoms with Crippen LogP contribution >= 0.6 is 0 Å². The predicted molar refractivity (Wildman–Crippen MR) is 115 cm³/mol. The van der Waals surface area contributed by atoms with Crippen LogP contribution in [0.25, 0.3) is 5.69 Å². The first kappa shape index (κ1) is 24.2. The SMILES string of the molecule is Cc1nn(-c2ccccc2)nc1CNCc1cccc2c1OC(C)(C)C2.O=C(O)C(F)(F)F. The third-order valence-electron chi connectivity index (χ3n) is 4.89. The zero-order valence-corrected chi connectivity index (χ0v) is 18.5. The van der Waals surface area contributed by atoms with Gasteiger partial charge in [-0.1, -0.05) is 36.4 Å². The molecule has 10 heteroatoms. The zero-order chi connectivity index (χ0) is 24.2. The maximum atomic E-state index is 10.6. The van der Waals surface area contributed by atoms with Gasteiger partial charge < -0.3 is 15.2 Å². The van der Waals surface area contributed by atoms with E-state index in [4.69, 9.17) is 14.6 Å². The van der Waals surface area contributed by atoms with E-state index in [1.54, 1.807) is 4.80 Å². The Morgan fingerprint density at radius 1 is 1.12 bits per heavy atom. The Kier molecular flexibility index (Phi) is 7.06. The van der Waals surface area contributed by atoms with Crippen molar-refractivity contribution in [2.75, 3.05) is 0 Å². The van der Waals surface area contributed by atoms with Gasteiger partial charge in [0.2, 0.25) is 0 Å². The largest absolute Gasteiger partial charge is 0.490 e. The number of hydrogen-bond acceptors (Lipinski definition) is 5. The van der Waals surface area contributed by atoms with Crippen molar-refractivity contribution >= 4 is 5.97 Å². The van der Waals surface area contributed by atoms with Gasteiger partial charge in [-0.25, -0.2) is 4.79 Å². The molecule has 0 saturated heterocycles. The second-order valence-electron chi connectivity index (χ2n) is 8.21. The van der Waals surface area contributed by atoms with Crippen LogP contribution in [0.1, 0.15) is 36.4 Å². The predicted octanol–water partition coefficient (Wildman–Crippen LogP) is 4.21. The van der Waals surface area contributed by atoms with Gasteiger partial charge in [0.15, 0.2) is 0 Å². The Morgan fingerprint density at radius 3 is 2.42 bits per heavy atom. The Labute approximate surface area is 189 Å². The number of ether oxygens (including phenoxy) is 1. The molecule has 4 rings (SSSR count). The van der Waals surface area contributed by atoms with E-state index in [0.717, 1.165) is 35.8 Å². The van der Waals surface area contributed by atoms with Gasteiger partial charge in [0, 0.05) is 25.1 Å². The summed E-state index contributed by atoms with van der Waals surface area (Å²) < 4.78 is 37.9. The third kappa shape index (κ3) is 6.32. The number of aliphatic carboxylic acids is 1. The van der Waals surface area contributed by atoms with Gasteiger partial charge in [0.25, 0.3) is 0 Å². The van der Waals surface area contributed by atoms with Crippen LogP contribution in [0, 0.1) is 6.92 Å². The Hall–Kier alpha value is -3.40. The molecule has 1 aliphatic rings. The molecular weight excluding hydrogens is 437 g/mol. The number of hydrogen-bond donors (Lipinski definition) is 2. The number of aromatic nitrogens is 3. The number of halogens is 3. The molecule has 176 valence electrons. The highest BCUT2D eigenvalue weighted by molar-refractivity contribution is 5.73. The van der Waals surface area contributed by atoms with Crippen molar-refractivity contribution in [3.63, 3.8) is 0 Å². The van der Waals surface area contributed by atoms with E-state index in [2.05, 4.69) is 47.6 Å². The molecular formula is C23H25F3N4O3. The van der Waals surface area contributed by atoms with Gasteiger partial charge in [0.1, 0.15) is 11.4 Å². The third-order valence-corrected chi connectivity index (χ3v) is 4.89. The monoisotopic (exact) mass is 462 g/mol. The summed E-state index contributed by atoms with van der Waals surface area (Å²) in [4.78, 5) is 10.6. The van der Waals surface area contributed by atoms with Crippen molar-refractivity contribution in [1.29, 1.82) is 0 Å². The van der Waals surface area contributed by atoms with Crippen molar-refractivity contribution in [2.24, 2.45) is 0 Å². The first-order valence-electron chi connectivity index (χ1n) is 10.2. The number of benzene rings is 2. The molecule has 0 spiro atoms. The molecule has 1 aliphatic heterocycles. The first-order chi connectivity index (χ1) is 15.5. The smallest absolute Gasteiger partial charge is 0.487 e. The molecule has 33 heavy (non-hydrogen) atoms. The molecule has 0 fully saturated rings. The lowest BCUT2D eigenvalue weighted by Crippen LogP contribution is -2.25. The summed E-state index contributed by atoms with van der Waals surface area (Å²) in [6.07, 6.45) is -4.12. The normalized spacial score (nSPS) is 14.1. The Bertz CT molecular complexity index is 1110. The van der Waals surface area contributed by atoms with E-state index in [1.807, 2.05) is 37.3 Å². The maximum Gasteiger partial charge on any atom is 0.490 e. The Balaban J connectivity index is 0.000000383. The number of nitrogens with zero attached hydrogens (tertiary/aromatic N) is 3. The van der Waals surface area contributed by atoms with Crippen molar-refractivity contribution < 1.29 is 27.8 Å². The molecule has 0 unspecified atom stereocenters. The lowest BCUT2D eigenvalue weighted by molar-refractivity contribution is -0.192. The molecule has 2 heterocycles. The van der Waals surface area contributed by atoms with E-state index in [0.29, 0.717) is 6.54 Å². The number of rotatable bonds is 5. The number of carbonyl (C=O) groups is 1. The van der Waals surface area contributed by atoms with E-state index < -0.39 is 12.1 Å². The second kappa shape index (κ2) is 9.62. The van der Waals surface area contributed by atoms with E-state index in [-0.39, 0.29) is 5.60 Å². The number of aryl methyl sites for hydroxylation is 1. The number of carboxylic acid groups (broad SMARTS) is 1. The molecule has 0 radical (unpaired) electrons. The molecule has 0 amide bonds. The highest BCUT2D eigenvalue weighted by Gasteiger charge is 2.38. The molecule has 0 bridgehead atoms. The summed E-state index contributed by atoms with van der Waals surface area (Å²) in [7, 11) is 0. The number of alkyl halides is 3. The summed E-state index contributed by atoms with van der Waals surface area (Å²) in [5.41, 5.74) is 5.24. The number of carboxylic acids is 1. The molecule has 7 nitrogen and oxygen atoms in total. The minimum atomic E-state index is -5.08. The van der Waals surface area contributed by atoms with Gasteiger partial charge in [-0.3, -0.25) is 0 Å².